The van der Waals surface area contributed by atoms with Crippen LogP contribution >= 0.6 is 0 Å². The van der Waals surface area contributed by atoms with Gasteiger partial charge in [0.25, 0.3) is 11.8 Å². The van der Waals surface area contributed by atoms with Crippen molar-refractivity contribution in [2.24, 2.45) is 0 Å². The third-order valence-electron chi connectivity index (χ3n) is 3.57. The minimum atomic E-state index is -0.296. The largest absolute Gasteiger partial charge is 0.385 e. The summed E-state index contributed by atoms with van der Waals surface area (Å²) in [6.45, 7) is 1.59. The van der Waals surface area contributed by atoms with Crippen LogP contribution in [0.3, 0.4) is 0 Å². The van der Waals surface area contributed by atoms with Crippen molar-refractivity contribution in [3.63, 3.8) is 0 Å². The van der Waals surface area contributed by atoms with Crippen LogP contribution in [0.5, 0.6) is 0 Å². The highest BCUT2D eigenvalue weighted by atomic mass is 16.5. The normalized spacial score (nSPS) is 10.3. The van der Waals surface area contributed by atoms with Crippen molar-refractivity contribution in [1.82, 2.24) is 15.6 Å². The Morgan fingerprint density at radius 2 is 1.56 bits per heavy atom. The molecule has 0 fully saturated rings. The number of aromatic nitrogens is 1. The molecule has 0 spiro atoms. The van der Waals surface area contributed by atoms with Crippen LogP contribution in [-0.4, -0.2) is 43.6 Å². The maximum atomic E-state index is 12.2. The van der Waals surface area contributed by atoms with Crippen molar-refractivity contribution in [2.45, 2.75) is 12.8 Å². The molecule has 2 aromatic rings. The van der Waals surface area contributed by atoms with Gasteiger partial charge in [0.05, 0.1) is 0 Å². The van der Waals surface area contributed by atoms with Gasteiger partial charge in [-0.3, -0.25) is 9.59 Å². The molecule has 0 radical (unpaired) electrons. The molecule has 0 unspecified atom stereocenters. The van der Waals surface area contributed by atoms with Crippen LogP contribution in [0.1, 0.15) is 33.0 Å². The van der Waals surface area contributed by atoms with Crippen molar-refractivity contribution in [2.75, 3.05) is 26.8 Å². The Bertz CT molecular complexity index is 689. The summed E-state index contributed by atoms with van der Waals surface area (Å²) < 4.78 is 4.93. The minimum Gasteiger partial charge on any atom is -0.385 e. The Kier molecular flexibility index (Phi) is 7.59. The predicted octanol–water partition coefficient (Wildman–Crippen LogP) is 1.82. The molecule has 0 saturated carbocycles. The highest BCUT2D eigenvalue weighted by Crippen LogP contribution is 2.01. The van der Waals surface area contributed by atoms with Gasteiger partial charge in [-0.05, 0) is 30.5 Å². The van der Waals surface area contributed by atoms with Crippen LogP contribution in [0.2, 0.25) is 0 Å². The minimum absolute atomic E-state index is 0.230. The van der Waals surface area contributed by atoms with Crippen LogP contribution in [0, 0.1) is 0 Å². The number of rotatable bonds is 9. The number of ether oxygens (including phenoxy) is 1. The average molecular weight is 341 g/mol. The van der Waals surface area contributed by atoms with Gasteiger partial charge in [-0.1, -0.05) is 36.4 Å². The number of hydrogen-bond donors (Lipinski definition) is 2. The third kappa shape index (κ3) is 6.35. The molecule has 0 aliphatic rings. The first-order chi connectivity index (χ1) is 12.2. The van der Waals surface area contributed by atoms with E-state index in [1.807, 2.05) is 30.3 Å². The van der Waals surface area contributed by atoms with E-state index >= 15 is 0 Å². The predicted molar refractivity (Wildman–Crippen MR) is 95.5 cm³/mol. The number of benzene rings is 1. The monoisotopic (exact) mass is 341 g/mol. The Labute approximate surface area is 147 Å². The molecule has 2 rings (SSSR count). The Hall–Kier alpha value is -2.73. The summed E-state index contributed by atoms with van der Waals surface area (Å²) in [6, 6.07) is 14.8. The summed E-state index contributed by atoms with van der Waals surface area (Å²) in [5, 5.41) is 5.58. The Morgan fingerprint density at radius 3 is 2.20 bits per heavy atom. The second kappa shape index (κ2) is 10.2. The van der Waals surface area contributed by atoms with E-state index in [1.165, 1.54) is 0 Å². The fraction of sp³-hybridized carbons (Fsp3) is 0.316. The number of methoxy groups -OCH3 is 1. The van der Waals surface area contributed by atoms with E-state index in [-0.39, 0.29) is 23.2 Å². The third-order valence-corrected chi connectivity index (χ3v) is 3.57. The zero-order valence-corrected chi connectivity index (χ0v) is 14.3. The number of carbonyl (C=O) groups excluding carboxylic acids is 2. The van der Waals surface area contributed by atoms with Crippen LogP contribution < -0.4 is 10.6 Å². The standard InChI is InChI=1S/C19H23N3O3/c1-25-14-6-12-20-18(23)16-9-5-10-17(22-16)19(24)21-13-11-15-7-3-2-4-8-15/h2-5,7-10H,6,11-14H2,1H3,(H,20,23)(H,21,24). The number of amides is 2. The number of hydrogen-bond acceptors (Lipinski definition) is 4. The molecule has 0 atom stereocenters. The fourth-order valence-electron chi connectivity index (χ4n) is 2.25. The molecular weight excluding hydrogens is 318 g/mol. The number of pyridine rings is 1. The molecule has 6 nitrogen and oxygen atoms in total. The maximum absolute atomic E-state index is 12.2. The quantitative estimate of drug-likeness (QED) is 0.682. The lowest BCUT2D eigenvalue weighted by atomic mass is 10.1. The van der Waals surface area contributed by atoms with Gasteiger partial charge < -0.3 is 15.4 Å². The number of carbonyl (C=O) groups is 2. The molecule has 6 heteroatoms. The topological polar surface area (TPSA) is 80.3 Å². The van der Waals surface area contributed by atoms with Crippen molar-refractivity contribution in [3.05, 3.63) is 65.5 Å². The number of nitrogens with one attached hydrogen (secondary N) is 2. The summed E-state index contributed by atoms with van der Waals surface area (Å²) in [7, 11) is 1.61. The molecule has 0 bridgehead atoms. The first-order valence-corrected chi connectivity index (χ1v) is 8.27. The van der Waals surface area contributed by atoms with E-state index in [4.69, 9.17) is 4.74 Å². The van der Waals surface area contributed by atoms with E-state index in [0.29, 0.717) is 19.7 Å². The maximum Gasteiger partial charge on any atom is 0.269 e. The lowest BCUT2D eigenvalue weighted by molar-refractivity contribution is 0.0941. The van der Waals surface area contributed by atoms with E-state index in [1.54, 1.807) is 25.3 Å². The molecule has 2 amide bonds. The fourth-order valence-corrected chi connectivity index (χ4v) is 2.25. The highest BCUT2D eigenvalue weighted by Gasteiger charge is 2.11. The second-order valence-electron chi connectivity index (χ2n) is 5.50. The zero-order chi connectivity index (χ0) is 17.9. The van der Waals surface area contributed by atoms with Gasteiger partial charge in [0.1, 0.15) is 11.4 Å². The average Bonchev–Trinajstić information content (AvgIpc) is 2.66. The van der Waals surface area contributed by atoms with Crippen LogP contribution in [0.25, 0.3) is 0 Å². The molecule has 0 aliphatic carbocycles. The molecule has 132 valence electrons. The molecule has 1 heterocycles. The van der Waals surface area contributed by atoms with Gasteiger partial charge >= 0.3 is 0 Å². The number of nitrogens with zero attached hydrogens (tertiary/aromatic N) is 1. The van der Waals surface area contributed by atoms with Crippen LogP contribution in [0.15, 0.2) is 48.5 Å². The lowest BCUT2D eigenvalue weighted by Crippen LogP contribution is -2.29. The van der Waals surface area contributed by atoms with Gasteiger partial charge in [-0.15, -0.1) is 0 Å². The van der Waals surface area contributed by atoms with E-state index in [2.05, 4.69) is 15.6 Å². The molecular formula is C19H23N3O3. The highest BCUT2D eigenvalue weighted by molar-refractivity contribution is 5.96. The summed E-state index contributed by atoms with van der Waals surface area (Å²) in [5.41, 5.74) is 1.62. The van der Waals surface area contributed by atoms with E-state index in [0.717, 1.165) is 18.4 Å². The first-order valence-electron chi connectivity index (χ1n) is 8.27. The van der Waals surface area contributed by atoms with E-state index < -0.39 is 0 Å². The second-order valence-corrected chi connectivity index (χ2v) is 5.50. The van der Waals surface area contributed by atoms with Gasteiger partial charge in [-0.2, -0.15) is 0 Å². The molecule has 2 N–H and O–H groups in total. The summed E-state index contributed by atoms with van der Waals surface area (Å²) in [6.07, 6.45) is 1.47. The molecule has 0 aliphatic heterocycles. The summed E-state index contributed by atoms with van der Waals surface area (Å²) in [5.74, 6) is -0.583. The summed E-state index contributed by atoms with van der Waals surface area (Å²) >= 11 is 0. The summed E-state index contributed by atoms with van der Waals surface area (Å²) in [4.78, 5) is 28.4. The molecule has 1 aromatic carbocycles. The lowest BCUT2D eigenvalue weighted by Gasteiger charge is -2.07. The Morgan fingerprint density at radius 1 is 0.920 bits per heavy atom. The Balaban J connectivity index is 1.84. The van der Waals surface area contributed by atoms with Crippen molar-refractivity contribution < 1.29 is 14.3 Å². The van der Waals surface area contributed by atoms with Gasteiger partial charge in [0.2, 0.25) is 0 Å². The molecule has 0 saturated heterocycles. The van der Waals surface area contributed by atoms with Gasteiger partial charge in [0.15, 0.2) is 0 Å². The zero-order valence-electron chi connectivity index (χ0n) is 14.3. The SMILES string of the molecule is COCCCNC(=O)c1cccc(C(=O)NCCc2ccccc2)n1. The van der Waals surface area contributed by atoms with E-state index in [9.17, 15) is 9.59 Å². The van der Waals surface area contributed by atoms with Gasteiger partial charge in [0, 0.05) is 26.8 Å². The van der Waals surface area contributed by atoms with Crippen molar-refractivity contribution in [3.8, 4) is 0 Å². The first kappa shape index (κ1) is 18.6. The van der Waals surface area contributed by atoms with Crippen LogP contribution in [0.4, 0.5) is 0 Å². The van der Waals surface area contributed by atoms with Crippen molar-refractivity contribution in [1.29, 1.82) is 0 Å². The molecule has 1 aromatic heterocycles. The van der Waals surface area contributed by atoms with Gasteiger partial charge in [-0.25, -0.2) is 4.98 Å². The van der Waals surface area contributed by atoms with Crippen LogP contribution in [-0.2, 0) is 11.2 Å². The smallest absolute Gasteiger partial charge is 0.269 e. The molecule has 25 heavy (non-hydrogen) atoms. The van der Waals surface area contributed by atoms with Crippen molar-refractivity contribution >= 4 is 11.8 Å².